The first-order valence-electron chi connectivity index (χ1n) is 20.0. The fraction of sp³-hybridized carbons (Fsp3) is 0.659. The van der Waals surface area contributed by atoms with E-state index in [0.717, 1.165) is 86.2 Å². The summed E-state index contributed by atoms with van der Waals surface area (Å²) in [6.45, 7) is 20.4. The van der Waals surface area contributed by atoms with Crippen molar-refractivity contribution >= 4 is 14.1 Å². The van der Waals surface area contributed by atoms with Gasteiger partial charge in [0, 0.05) is 11.8 Å². The molecule has 2 aromatic carbocycles. The van der Waals surface area contributed by atoms with Gasteiger partial charge in [-0.25, -0.2) is 0 Å². The first-order chi connectivity index (χ1) is 24.4. The highest BCUT2D eigenvalue weighted by Gasteiger charge is 2.62. The molecule has 0 bridgehead atoms. The van der Waals surface area contributed by atoms with E-state index in [0.29, 0.717) is 13.2 Å². The lowest BCUT2D eigenvalue weighted by Crippen LogP contribution is -2.69. The third kappa shape index (κ3) is 9.52. The molecule has 2 aromatic rings. The van der Waals surface area contributed by atoms with Crippen molar-refractivity contribution in [2.45, 2.75) is 167 Å². The van der Waals surface area contributed by atoms with Crippen LogP contribution in [0.2, 0.25) is 18.1 Å². The topological polar surface area (TPSA) is 63.2 Å². The van der Waals surface area contributed by atoms with Gasteiger partial charge in [-0.3, -0.25) is 4.79 Å². The molecule has 5 rings (SSSR count). The van der Waals surface area contributed by atoms with Crippen molar-refractivity contribution in [3.63, 3.8) is 0 Å². The second-order valence-electron chi connectivity index (χ2n) is 16.5. The number of unbranched alkanes of at least 4 members (excludes halogenated alkanes) is 3. The molecule has 1 heterocycles. The van der Waals surface area contributed by atoms with Crippen molar-refractivity contribution in [1.29, 1.82) is 0 Å². The Morgan fingerprint density at radius 2 is 1.31 bits per heavy atom. The molecule has 2 aliphatic carbocycles. The predicted molar refractivity (Wildman–Crippen MR) is 208 cm³/mol. The molecular formula is C44H66O6Si. The van der Waals surface area contributed by atoms with E-state index in [1.807, 2.05) is 38.1 Å². The summed E-state index contributed by atoms with van der Waals surface area (Å²) in [5.74, 6) is -1.21. The second kappa shape index (κ2) is 17.8. The van der Waals surface area contributed by atoms with E-state index < -0.39 is 37.8 Å². The van der Waals surface area contributed by atoms with Crippen molar-refractivity contribution in [3.8, 4) is 0 Å². The van der Waals surface area contributed by atoms with Crippen molar-refractivity contribution in [2.75, 3.05) is 0 Å². The Hall–Kier alpha value is -2.13. The Labute approximate surface area is 310 Å². The summed E-state index contributed by atoms with van der Waals surface area (Å²) in [7, 11) is -2.36. The fourth-order valence-electron chi connectivity index (χ4n) is 8.92. The highest BCUT2D eigenvalue weighted by atomic mass is 28.4. The van der Waals surface area contributed by atoms with Crippen LogP contribution >= 0.6 is 0 Å². The third-order valence-corrected chi connectivity index (χ3v) is 16.3. The van der Waals surface area contributed by atoms with Crippen molar-refractivity contribution in [3.05, 3.63) is 83.9 Å². The van der Waals surface area contributed by atoms with Crippen LogP contribution in [0, 0.1) is 17.3 Å². The van der Waals surface area contributed by atoms with Gasteiger partial charge in [0.05, 0.1) is 36.9 Å². The Balaban J connectivity index is 1.67. The van der Waals surface area contributed by atoms with Crippen LogP contribution in [0.4, 0.5) is 0 Å². The third-order valence-electron chi connectivity index (χ3n) is 11.7. The zero-order valence-corrected chi connectivity index (χ0v) is 33.7. The lowest BCUT2D eigenvalue weighted by molar-refractivity contribution is -0.357. The smallest absolute Gasteiger partial charge is 0.193 e. The summed E-state index contributed by atoms with van der Waals surface area (Å²) in [6, 6.07) is 23.8. The molecule has 0 spiro atoms. The van der Waals surface area contributed by atoms with Crippen LogP contribution in [0.15, 0.2) is 72.8 Å². The van der Waals surface area contributed by atoms with Gasteiger partial charge < -0.3 is 23.4 Å². The number of rotatable bonds is 17. The molecule has 1 saturated heterocycles. The number of benzene rings is 2. The Kier molecular flexibility index (Phi) is 14.0. The van der Waals surface area contributed by atoms with E-state index in [1.54, 1.807) is 0 Å². The van der Waals surface area contributed by atoms with Gasteiger partial charge in [0.25, 0.3) is 0 Å². The number of Topliss-reactive ketones (excluding diaryl/α,β-unsaturated/α-hetero) is 1. The molecule has 2 saturated carbocycles. The minimum absolute atomic E-state index is 0.0659. The van der Waals surface area contributed by atoms with Crippen LogP contribution in [0.3, 0.4) is 0 Å². The lowest BCUT2D eigenvalue weighted by atomic mass is 9.60. The molecule has 0 radical (unpaired) electrons. The summed E-state index contributed by atoms with van der Waals surface area (Å²) >= 11 is 0. The molecule has 6 nitrogen and oxygen atoms in total. The zero-order valence-electron chi connectivity index (χ0n) is 32.7. The maximum absolute atomic E-state index is 15.5. The predicted octanol–water partition coefficient (Wildman–Crippen LogP) is 10.6. The van der Waals surface area contributed by atoms with Gasteiger partial charge in [0.2, 0.25) is 0 Å². The van der Waals surface area contributed by atoms with Gasteiger partial charge in [-0.05, 0) is 55.9 Å². The minimum Gasteiger partial charge on any atom is -0.410 e. The fourth-order valence-corrected chi connectivity index (χ4v) is 14.0. The van der Waals surface area contributed by atoms with Crippen LogP contribution in [-0.2, 0) is 41.4 Å². The highest BCUT2D eigenvalue weighted by molar-refractivity contribution is 6.73. The van der Waals surface area contributed by atoms with Crippen molar-refractivity contribution in [1.82, 2.24) is 0 Å². The number of carbonyl (C=O) groups excluding carboxylic acids is 1. The van der Waals surface area contributed by atoms with Gasteiger partial charge in [0.15, 0.2) is 19.9 Å². The van der Waals surface area contributed by atoms with Crippen molar-refractivity contribution in [2.24, 2.45) is 17.3 Å². The van der Waals surface area contributed by atoms with Crippen LogP contribution in [0.25, 0.3) is 0 Å². The van der Waals surface area contributed by atoms with Crippen LogP contribution < -0.4 is 0 Å². The van der Waals surface area contributed by atoms with Crippen LogP contribution in [-0.4, -0.2) is 50.4 Å². The summed E-state index contributed by atoms with van der Waals surface area (Å²) in [4.78, 5) is 15.5. The summed E-state index contributed by atoms with van der Waals surface area (Å²) in [5.41, 5.74) is 2.23. The lowest BCUT2D eigenvalue weighted by Gasteiger charge is -2.58. The first kappa shape index (κ1) is 40.1. The van der Waals surface area contributed by atoms with Crippen LogP contribution in [0.5, 0.6) is 0 Å². The second-order valence-corrected chi connectivity index (χ2v) is 20.6. The minimum atomic E-state index is -2.36. The highest BCUT2D eigenvalue weighted by Crippen LogP contribution is 2.53. The number of ether oxygens (including phenoxy) is 4. The molecule has 0 unspecified atom stereocenters. The number of hydrogen-bond donors (Lipinski definition) is 0. The molecule has 3 aliphatic rings. The molecule has 7 heteroatoms. The average Bonchev–Trinajstić information content (AvgIpc) is 3.12. The van der Waals surface area contributed by atoms with E-state index in [4.69, 9.17) is 23.4 Å². The van der Waals surface area contributed by atoms with E-state index in [2.05, 4.69) is 77.6 Å². The zero-order chi connectivity index (χ0) is 36.6. The molecule has 7 atom stereocenters. The molecule has 51 heavy (non-hydrogen) atoms. The van der Waals surface area contributed by atoms with E-state index in [9.17, 15) is 0 Å². The number of hydrogen-bond acceptors (Lipinski definition) is 6. The Bertz CT molecular complexity index is 1370. The monoisotopic (exact) mass is 718 g/mol. The Morgan fingerprint density at radius 1 is 0.784 bits per heavy atom. The largest absolute Gasteiger partial charge is 0.410 e. The van der Waals surface area contributed by atoms with Gasteiger partial charge in [-0.1, -0.05) is 146 Å². The standard InChI is InChI=1S/C44H66O6Si/c1-9-12-27-51(28-13-10-2,29-14-11-3)50-42-40(47-31-34-23-19-16-20-24-34)38-37-35(48-44(7,8)49-38)26-25-32(4)36(37)39(41(45)43(42,5)6)46-30-33-21-17-15-18-22-33/h15-24,35-40,42H,4,9-14,25-31H2,1-3,5-8H3/t35-,36+,37+,38-,39-,40-,42-/m0/s1. The SMILES string of the molecule is C=C1CC[C@@H]2OC(C)(C)O[C@@H]3[C@H](OCc4ccccc4)[C@H](O[Si](CCCC)(CCCC)CCCC)C(C)(C)C(=O)[C@@H](OCc4ccccc4)[C@H]1[C@H]32. The van der Waals surface area contributed by atoms with E-state index in [1.165, 1.54) is 0 Å². The quantitative estimate of drug-likeness (QED) is 0.120. The first-order valence-corrected chi connectivity index (χ1v) is 22.5. The molecule has 3 fully saturated rings. The average molecular weight is 719 g/mol. The molecule has 0 aromatic heterocycles. The Morgan fingerprint density at radius 3 is 1.84 bits per heavy atom. The number of ketones is 1. The molecule has 0 amide bonds. The number of carbonyl (C=O) groups is 1. The molecular weight excluding hydrogens is 653 g/mol. The summed E-state index contributed by atoms with van der Waals surface area (Å²) in [5, 5.41) is 0. The normalized spacial score (nSPS) is 28.9. The summed E-state index contributed by atoms with van der Waals surface area (Å²) in [6.07, 6.45) is 6.12. The van der Waals surface area contributed by atoms with Gasteiger partial charge in [-0.15, -0.1) is 0 Å². The molecule has 1 aliphatic heterocycles. The van der Waals surface area contributed by atoms with Gasteiger partial charge in [-0.2, -0.15) is 0 Å². The maximum atomic E-state index is 15.5. The summed E-state index contributed by atoms with van der Waals surface area (Å²) < 4.78 is 35.8. The molecule has 0 N–H and O–H groups in total. The van der Waals surface area contributed by atoms with E-state index >= 15 is 4.79 Å². The van der Waals surface area contributed by atoms with Gasteiger partial charge >= 0.3 is 0 Å². The maximum Gasteiger partial charge on any atom is 0.193 e. The van der Waals surface area contributed by atoms with E-state index in [-0.39, 0.29) is 29.8 Å². The van der Waals surface area contributed by atoms with Crippen LogP contribution in [0.1, 0.15) is 111 Å². The van der Waals surface area contributed by atoms with Crippen molar-refractivity contribution < 1.29 is 28.2 Å². The molecule has 282 valence electrons. The van der Waals surface area contributed by atoms with Gasteiger partial charge in [0.1, 0.15) is 12.2 Å².